The van der Waals surface area contributed by atoms with Gasteiger partial charge in [0.15, 0.2) is 0 Å². The highest BCUT2D eigenvalue weighted by Gasteiger charge is 2.27. The van der Waals surface area contributed by atoms with E-state index in [2.05, 4.69) is 13.8 Å². The van der Waals surface area contributed by atoms with E-state index in [9.17, 15) is 0 Å². The third-order valence-corrected chi connectivity index (χ3v) is 5.07. The Bertz CT molecular complexity index is 324. The molecule has 2 rings (SSSR count). The van der Waals surface area contributed by atoms with Crippen molar-refractivity contribution in [3.05, 3.63) is 15.6 Å². The molecule has 1 aromatic heterocycles. The SMILES string of the molecule is CCc1nc(C2CCC(CC)C2)sc1CN. The average Bonchev–Trinajstić information content (AvgIpc) is 2.94. The molecule has 2 N–H and O–H groups in total. The van der Waals surface area contributed by atoms with E-state index in [1.165, 1.54) is 41.3 Å². The second kappa shape index (κ2) is 5.28. The summed E-state index contributed by atoms with van der Waals surface area (Å²) in [4.78, 5) is 6.09. The van der Waals surface area contributed by atoms with Gasteiger partial charge in [0.05, 0.1) is 10.7 Å². The number of rotatable bonds is 4. The van der Waals surface area contributed by atoms with Gasteiger partial charge in [-0.05, 0) is 31.6 Å². The molecule has 16 heavy (non-hydrogen) atoms. The maximum Gasteiger partial charge on any atom is 0.0962 e. The lowest BCUT2D eigenvalue weighted by Crippen LogP contribution is -1.97. The lowest BCUT2D eigenvalue weighted by atomic mass is 10.0. The number of nitrogens with zero attached hydrogens (tertiary/aromatic N) is 1. The molecule has 0 aromatic carbocycles. The number of hydrogen-bond donors (Lipinski definition) is 1. The van der Waals surface area contributed by atoms with Gasteiger partial charge in [-0.25, -0.2) is 4.98 Å². The Labute approximate surface area is 102 Å². The Hall–Kier alpha value is -0.410. The normalized spacial score (nSPS) is 25.2. The first kappa shape index (κ1) is 12.1. The monoisotopic (exact) mass is 238 g/mol. The predicted molar refractivity (Wildman–Crippen MR) is 69.8 cm³/mol. The van der Waals surface area contributed by atoms with Crippen molar-refractivity contribution < 1.29 is 0 Å². The molecular formula is C13H22N2S. The number of hydrogen-bond acceptors (Lipinski definition) is 3. The minimum atomic E-state index is 0.658. The van der Waals surface area contributed by atoms with Crippen molar-refractivity contribution >= 4 is 11.3 Å². The van der Waals surface area contributed by atoms with E-state index in [0.717, 1.165) is 18.3 Å². The van der Waals surface area contributed by atoms with Gasteiger partial charge < -0.3 is 5.73 Å². The fourth-order valence-electron chi connectivity index (χ4n) is 2.68. The summed E-state index contributed by atoms with van der Waals surface area (Å²) >= 11 is 1.86. The summed E-state index contributed by atoms with van der Waals surface area (Å²) in [7, 11) is 0. The van der Waals surface area contributed by atoms with Gasteiger partial charge in [0.25, 0.3) is 0 Å². The maximum atomic E-state index is 5.76. The van der Waals surface area contributed by atoms with Crippen molar-refractivity contribution in [3.8, 4) is 0 Å². The van der Waals surface area contributed by atoms with E-state index in [4.69, 9.17) is 10.7 Å². The van der Waals surface area contributed by atoms with Crippen molar-refractivity contribution in [1.29, 1.82) is 0 Å². The first-order valence-electron chi connectivity index (χ1n) is 6.46. The quantitative estimate of drug-likeness (QED) is 0.872. The van der Waals surface area contributed by atoms with Crippen LogP contribution in [-0.2, 0) is 13.0 Å². The van der Waals surface area contributed by atoms with Crippen molar-refractivity contribution in [2.45, 2.75) is 58.4 Å². The Kier molecular flexibility index (Phi) is 3.98. The first-order valence-corrected chi connectivity index (χ1v) is 7.28. The van der Waals surface area contributed by atoms with E-state index in [-0.39, 0.29) is 0 Å². The van der Waals surface area contributed by atoms with Gasteiger partial charge in [0.1, 0.15) is 0 Å². The highest BCUT2D eigenvalue weighted by atomic mass is 32.1. The topological polar surface area (TPSA) is 38.9 Å². The number of nitrogens with two attached hydrogens (primary N) is 1. The Morgan fingerprint density at radius 3 is 2.69 bits per heavy atom. The standard InChI is InChI=1S/C13H22N2S/c1-3-9-5-6-10(7-9)13-15-11(4-2)12(8-14)16-13/h9-10H,3-8,14H2,1-2H3. The van der Waals surface area contributed by atoms with Crippen LogP contribution in [0.3, 0.4) is 0 Å². The summed E-state index contributed by atoms with van der Waals surface area (Å²) in [6.45, 7) is 5.13. The second-order valence-electron chi connectivity index (χ2n) is 4.76. The van der Waals surface area contributed by atoms with Crippen LogP contribution in [0.2, 0.25) is 0 Å². The van der Waals surface area contributed by atoms with Crippen molar-refractivity contribution in [1.82, 2.24) is 4.98 Å². The Morgan fingerprint density at radius 2 is 2.19 bits per heavy atom. The van der Waals surface area contributed by atoms with E-state index < -0.39 is 0 Å². The minimum absolute atomic E-state index is 0.658. The minimum Gasteiger partial charge on any atom is -0.326 e. The molecule has 0 saturated heterocycles. The van der Waals surface area contributed by atoms with E-state index >= 15 is 0 Å². The molecule has 1 saturated carbocycles. The third-order valence-electron chi connectivity index (χ3n) is 3.78. The number of aromatic nitrogens is 1. The Morgan fingerprint density at radius 1 is 1.38 bits per heavy atom. The molecule has 2 atom stereocenters. The fraction of sp³-hybridized carbons (Fsp3) is 0.769. The van der Waals surface area contributed by atoms with Gasteiger partial charge in [-0.3, -0.25) is 0 Å². The summed E-state index contributed by atoms with van der Waals surface area (Å²) in [5.41, 5.74) is 7.00. The Balaban J connectivity index is 2.12. The molecule has 90 valence electrons. The highest BCUT2D eigenvalue weighted by Crippen LogP contribution is 2.41. The summed E-state index contributed by atoms with van der Waals surface area (Å²) in [6, 6.07) is 0. The molecule has 2 nitrogen and oxygen atoms in total. The van der Waals surface area contributed by atoms with Gasteiger partial charge in [-0.1, -0.05) is 20.3 Å². The molecule has 1 fully saturated rings. The van der Waals surface area contributed by atoms with Crippen LogP contribution in [0.4, 0.5) is 0 Å². The molecule has 2 unspecified atom stereocenters. The van der Waals surface area contributed by atoms with Crippen molar-refractivity contribution in [2.75, 3.05) is 0 Å². The zero-order valence-corrected chi connectivity index (χ0v) is 11.1. The molecule has 0 radical (unpaired) electrons. The first-order chi connectivity index (χ1) is 7.78. The molecule has 0 bridgehead atoms. The highest BCUT2D eigenvalue weighted by molar-refractivity contribution is 7.11. The van der Waals surface area contributed by atoms with E-state index in [0.29, 0.717) is 6.54 Å². The van der Waals surface area contributed by atoms with Crippen LogP contribution in [0.1, 0.15) is 61.0 Å². The van der Waals surface area contributed by atoms with Gasteiger partial charge in [0.2, 0.25) is 0 Å². The van der Waals surface area contributed by atoms with E-state index in [1.807, 2.05) is 11.3 Å². The predicted octanol–water partition coefficient (Wildman–Crippen LogP) is 3.46. The third kappa shape index (κ3) is 2.30. The molecular weight excluding hydrogens is 216 g/mol. The largest absolute Gasteiger partial charge is 0.326 e. The van der Waals surface area contributed by atoms with Gasteiger partial charge >= 0.3 is 0 Å². The van der Waals surface area contributed by atoms with Crippen LogP contribution in [-0.4, -0.2) is 4.98 Å². The lowest BCUT2D eigenvalue weighted by Gasteiger charge is -2.06. The van der Waals surface area contributed by atoms with Crippen molar-refractivity contribution in [3.63, 3.8) is 0 Å². The molecule has 1 aliphatic carbocycles. The molecule has 1 aromatic rings. The van der Waals surface area contributed by atoms with Crippen LogP contribution in [0.15, 0.2) is 0 Å². The second-order valence-corrected chi connectivity index (χ2v) is 5.88. The van der Waals surface area contributed by atoms with Gasteiger partial charge in [0, 0.05) is 17.3 Å². The molecule has 0 amide bonds. The van der Waals surface area contributed by atoms with Crippen LogP contribution >= 0.6 is 11.3 Å². The van der Waals surface area contributed by atoms with Crippen LogP contribution < -0.4 is 5.73 Å². The molecule has 1 heterocycles. The van der Waals surface area contributed by atoms with Crippen LogP contribution in [0.25, 0.3) is 0 Å². The average molecular weight is 238 g/mol. The summed E-state index contributed by atoms with van der Waals surface area (Å²) in [5.74, 6) is 1.65. The number of aryl methyl sites for hydroxylation is 1. The molecule has 1 aliphatic rings. The molecule has 0 aliphatic heterocycles. The molecule has 3 heteroatoms. The van der Waals surface area contributed by atoms with Gasteiger partial charge in [-0.2, -0.15) is 0 Å². The van der Waals surface area contributed by atoms with Crippen molar-refractivity contribution in [2.24, 2.45) is 11.7 Å². The zero-order valence-electron chi connectivity index (χ0n) is 10.3. The van der Waals surface area contributed by atoms with Gasteiger partial charge in [-0.15, -0.1) is 11.3 Å². The van der Waals surface area contributed by atoms with Crippen LogP contribution in [0, 0.1) is 5.92 Å². The summed E-state index contributed by atoms with van der Waals surface area (Å²) in [5, 5.41) is 1.35. The maximum absolute atomic E-state index is 5.76. The zero-order chi connectivity index (χ0) is 11.5. The van der Waals surface area contributed by atoms with Crippen LogP contribution in [0.5, 0.6) is 0 Å². The fourth-order valence-corrected chi connectivity index (χ4v) is 3.86. The summed E-state index contributed by atoms with van der Waals surface area (Å²) in [6.07, 6.45) is 6.41. The smallest absolute Gasteiger partial charge is 0.0962 e. The van der Waals surface area contributed by atoms with E-state index in [1.54, 1.807) is 0 Å². The molecule has 0 spiro atoms. The number of thiazole rings is 1. The summed E-state index contributed by atoms with van der Waals surface area (Å²) < 4.78 is 0. The lowest BCUT2D eigenvalue weighted by molar-refractivity contribution is 0.521.